The zero-order chi connectivity index (χ0) is 8.43. The first-order chi connectivity index (χ1) is 5.13. The van der Waals surface area contributed by atoms with Crippen LogP contribution in [0.2, 0.25) is 0 Å². The monoisotopic (exact) mass is 153 g/mol. The highest BCUT2D eigenvalue weighted by Crippen LogP contribution is 1.98. The topological polar surface area (TPSA) is 70.2 Å². The normalized spacial score (nSPS) is 9.55. The lowest BCUT2D eigenvalue weighted by molar-refractivity contribution is 0.0694. The molecule has 4 heteroatoms. The van der Waals surface area contributed by atoms with Crippen molar-refractivity contribution in [3.05, 3.63) is 33.7 Å². The number of aromatic nitrogens is 1. The Labute approximate surface area is 62.5 Å². The summed E-state index contributed by atoms with van der Waals surface area (Å²) in [6.07, 6.45) is 1.42. The SMILES string of the molecule is Cc1cc[nH]c(=O)c1C(=O)O. The van der Waals surface area contributed by atoms with E-state index < -0.39 is 11.5 Å². The summed E-state index contributed by atoms with van der Waals surface area (Å²) in [6.45, 7) is 1.58. The molecule has 1 rings (SSSR count). The molecule has 11 heavy (non-hydrogen) atoms. The van der Waals surface area contributed by atoms with Crippen molar-refractivity contribution in [1.29, 1.82) is 0 Å². The van der Waals surface area contributed by atoms with Crippen LogP contribution in [0.1, 0.15) is 15.9 Å². The van der Waals surface area contributed by atoms with Crippen LogP contribution in [-0.2, 0) is 0 Å². The minimum atomic E-state index is -1.19. The number of H-pyrrole nitrogens is 1. The van der Waals surface area contributed by atoms with Gasteiger partial charge in [0.25, 0.3) is 5.56 Å². The van der Waals surface area contributed by atoms with E-state index in [0.29, 0.717) is 5.56 Å². The maximum Gasteiger partial charge on any atom is 0.341 e. The van der Waals surface area contributed by atoms with Crippen LogP contribution in [0.25, 0.3) is 0 Å². The number of rotatable bonds is 1. The molecule has 0 aliphatic heterocycles. The average Bonchev–Trinajstić information content (AvgIpc) is 1.85. The number of aryl methyl sites for hydroxylation is 1. The molecule has 0 saturated heterocycles. The van der Waals surface area contributed by atoms with Crippen molar-refractivity contribution >= 4 is 5.97 Å². The second-order valence-corrected chi connectivity index (χ2v) is 2.17. The summed E-state index contributed by atoms with van der Waals surface area (Å²) < 4.78 is 0. The van der Waals surface area contributed by atoms with Gasteiger partial charge in [0, 0.05) is 6.20 Å². The predicted molar refractivity (Wildman–Crippen MR) is 38.8 cm³/mol. The molecule has 0 unspecified atom stereocenters. The van der Waals surface area contributed by atoms with E-state index in [2.05, 4.69) is 4.98 Å². The van der Waals surface area contributed by atoms with Gasteiger partial charge in [-0.25, -0.2) is 4.79 Å². The summed E-state index contributed by atoms with van der Waals surface area (Å²) in [5.41, 5.74) is -0.272. The first-order valence-corrected chi connectivity index (χ1v) is 3.04. The molecule has 0 radical (unpaired) electrons. The fourth-order valence-electron chi connectivity index (χ4n) is 0.843. The summed E-state index contributed by atoms with van der Waals surface area (Å²) in [6, 6.07) is 1.55. The summed E-state index contributed by atoms with van der Waals surface area (Å²) in [5.74, 6) is -1.19. The van der Waals surface area contributed by atoms with Gasteiger partial charge in [-0.2, -0.15) is 0 Å². The van der Waals surface area contributed by atoms with E-state index in [0.717, 1.165) is 0 Å². The van der Waals surface area contributed by atoms with Gasteiger partial charge in [0.05, 0.1) is 0 Å². The number of carboxylic acids is 1. The number of aromatic amines is 1. The fourth-order valence-corrected chi connectivity index (χ4v) is 0.843. The number of aromatic carboxylic acids is 1. The van der Waals surface area contributed by atoms with Crippen LogP contribution in [0.5, 0.6) is 0 Å². The lowest BCUT2D eigenvalue weighted by atomic mass is 10.2. The standard InChI is InChI=1S/C7H7NO3/c1-4-2-3-8-6(9)5(4)7(10)11/h2-3H,1H3,(H,8,9)(H,10,11). The van der Waals surface area contributed by atoms with E-state index in [4.69, 9.17) is 5.11 Å². The molecule has 0 aliphatic carbocycles. The molecule has 0 fully saturated rings. The molecule has 1 aromatic rings. The number of nitrogens with one attached hydrogen (secondary N) is 1. The Morgan fingerprint density at radius 3 is 2.64 bits per heavy atom. The molecule has 1 aromatic heterocycles. The Bertz CT molecular complexity index is 340. The van der Waals surface area contributed by atoms with Gasteiger partial charge in [-0.15, -0.1) is 0 Å². The van der Waals surface area contributed by atoms with Gasteiger partial charge >= 0.3 is 5.97 Å². The number of carbonyl (C=O) groups is 1. The summed E-state index contributed by atoms with van der Waals surface area (Å²) >= 11 is 0. The molecule has 0 atom stereocenters. The van der Waals surface area contributed by atoms with Crippen molar-refractivity contribution in [2.75, 3.05) is 0 Å². The van der Waals surface area contributed by atoms with E-state index in [1.807, 2.05) is 0 Å². The highest BCUT2D eigenvalue weighted by Gasteiger charge is 2.10. The molecule has 1 heterocycles. The third-order valence-electron chi connectivity index (χ3n) is 1.38. The van der Waals surface area contributed by atoms with E-state index >= 15 is 0 Å². The lowest BCUT2D eigenvalue weighted by Crippen LogP contribution is -2.18. The number of carboxylic acid groups (broad SMARTS) is 1. The van der Waals surface area contributed by atoms with Gasteiger partial charge in [-0.1, -0.05) is 0 Å². The van der Waals surface area contributed by atoms with Gasteiger partial charge in [0.1, 0.15) is 5.56 Å². The number of hydrogen-bond acceptors (Lipinski definition) is 2. The molecule has 2 N–H and O–H groups in total. The Morgan fingerprint density at radius 1 is 1.64 bits per heavy atom. The molecule has 0 amide bonds. The van der Waals surface area contributed by atoms with Crippen molar-refractivity contribution in [2.45, 2.75) is 6.92 Å². The zero-order valence-corrected chi connectivity index (χ0v) is 5.92. The van der Waals surface area contributed by atoms with Crippen LogP contribution in [-0.4, -0.2) is 16.1 Å². The summed E-state index contributed by atoms with van der Waals surface area (Å²) in [5, 5.41) is 8.53. The van der Waals surface area contributed by atoms with Crippen molar-refractivity contribution in [3.8, 4) is 0 Å². The van der Waals surface area contributed by atoms with Gasteiger partial charge in [0.15, 0.2) is 0 Å². The van der Waals surface area contributed by atoms with Crippen LogP contribution in [0, 0.1) is 6.92 Å². The zero-order valence-electron chi connectivity index (χ0n) is 5.92. The van der Waals surface area contributed by atoms with Crippen molar-refractivity contribution in [1.82, 2.24) is 4.98 Å². The molecule has 58 valence electrons. The molecule has 0 aromatic carbocycles. The van der Waals surface area contributed by atoms with Crippen LogP contribution in [0.4, 0.5) is 0 Å². The highest BCUT2D eigenvalue weighted by atomic mass is 16.4. The molecular weight excluding hydrogens is 146 g/mol. The van der Waals surface area contributed by atoms with Crippen molar-refractivity contribution in [3.63, 3.8) is 0 Å². The Morgan fingerprint density at radius 2 is 2.27 bits per heavy atom. The number of hydrogen-bond donors (Lipinski definition) is 2. The Balaban J connectivity index is 3.45. The third kappa shape index (κ3) is 1.29. The fraction of sp³-hybridized carbons (Fsp3) is 0.143. The molecule has 0 saturated carbocycles. The minimum Gasteiger partial charge on any atom is -0.477 e. The Kier molecular flexibility index (Phi) is 1.76. The highest BCUT2D eigenvalue weighted by molar-refractivity contribution is 5.88. The summed E-state index contributed by atoms with van der Waals surface area (Å²) in [4.78, 5) is 23.6. The maximum atomic E-state index is 10.8. The quantitative estimate of drug-likeness (QED) is 0.612. The second kappa shape index (κ2) is 2.57. The van der Waals surface area contributed by atoms with E-state index in [1.54, 1.807) is 13.0 Å². The number of pyridine rings is 1. The first-order valence-electron chi connectivity index (χ1n) is 3.04. The van der Waals surface area contributed by atoms with Crippen molar-refractivity contribution < 1.29 is 9.90 Å². The molecule has 0 bridgehead atoms. The molecule has 0 spiro atoms. The van der Waals surface area contributed by atoms with E-state index in [1.165, 1.54) is 6.20 Å². The molecular formula is C7H7NO3. The molecule has 4 nitrogen and oxygen atoms in total. The maximum absolute atomic E-state index is 10.8. The van der Waals surface area contributed by atoms with Gasteiger partial charge in [0.2, 0.25) is 0 Å². The second-order valence-electron chi connectivity index (χ2n) is 2.17. The van der Waals surface area contributed by atoms with Crippen LogP contribution < -0.4 is 5.56 Å². The van der Waals surface area contributed by atoms with Gasteiger partial charge < -0.3 is 10.1 Å². The van der Waals surface area contributed by atoms with Crippen LogP contribution >= 0.6 is 0 Å². The largest absolute Gasteiger partial charge is 0.477 e. The predicted octanol–water partition coefficient (Wildman–Crippen LogP) is 0.382. The molecule has 0 aliphatic rings. The average molecular weight is 153 g/mol. The third-order valence-corrected chi connectivity index (χ3v) is 1.38. The van der Waals surface area contributed by atoms with E-state index in [-0.39, 0.29) is 5.56 Å². The lowest BCUT2D eigenvalue weighted by Gasteiger charge is -1.95. The van der Waals surface area contributed by atoms with Crippen molar-refractivity contribution in [2.24, 2.45) is 0 Å². The van der Waals surface area contributed by atoms with E-state index in [9.17, 15) is 9.59 Å². The minimum absolute atomic E-state index is 0.187. The Hall–Kier alpha value is -1.58. The van der Waals surface area contributed by atoms with Crippen LogP contribution in [0.15, 0.2) is 17.1 Å². The smallest absolute Gasteiger partial charge is 0.341 e. The van der Waals surface area contributed by atoms with Crippen LogP contribution in [0.3, 0.4) is 0 Å². The summed E-state index contributed by atoms with van der Waals surface area (Å²) in [7, 11) is 0. The first kappa shape index (κ1) is 7.53. The van der Waals surface area contributed by atoms with Gasteiger partial charge in [-0.3, -0.25) is 4.79 Å². The van der Waals surface area contributed by atoms with Gasteiger partial charge in [-0.05, 0) is 18.6 Å².